The highest BCUT2D eigenvalue weighted by atomic mass is 15.2. The molecule has 1 aromatic heterocycles. The van der Waals surface area contributed by atoms with Crippen LogP contribution in [0.5, 0.6) is 0 Å². The van der Waals surface area contributed by atoms with Crippen LogP contribution >= 0.6 is 0 Å². The van der Waals surface area contributed by atoms with Crippen LogP contribution in [0.4, 0.5) is 0 Å². The van der Waals surface area contributed by atoms with Gasteiger partial charge in [0.1, 0.15) is 0 Å². The zero-order valence-corrected chi connectivity index (χ0v) is 8.85. The largest absolute Gasteiger partial charge is 0.326 e. The molecule has 0 atom stereocenters. The topological polar surface area (TPSA) is 43.8 Å². The van der Waals surface area contributed by atoms with Crippen molar-refractivity contribution in [1.29, 1.82) is 0 Å². The van der Waals surface area contributed by atoms with Crippen molar-refractivity contribution in [3.8, 4) is 0 Å². The quantitative estimate of drug-likeness (QED) is 0.817. The molecule has 0 amide bonds. The van der Waals surface area contributed by atoms with Gasteiger partial charge in [-0.2, -0.15) is 5.10 Å². The summed E-state index contributed by atoms with van der Waals surface area (Å²) in [6.45, 7) is 0.591. The van der Waals surface area contributed by atoms with E-state index in [0.29, 0.717) is 6.54 Å². The molecule has 0 radical (unpaired) electrons. The predicted octanol–water partition coefficient (Wildman–Crippen LogP) is 1.47. The Balaban J connectivity index is 2.28. The van der Waals surface area contributed by atoms with Gasteiger partial charge in [0, 0.05) is 31.9 Å². The summed E-state index contributed by atoms with van der Waals surface area (Å²) in [6.07, 6.45) is 2.71. The third kappa shape index (κ3) is 2.07. The van der Waals surface area contributed by atoms with E-state index in [4.69, 9.17) is 5.73 Å². The summed E-state index contributed by atoms with van der Waals surface area (Å²) >= 11 is 0. The molecule has 15 heavy (non-hydrogen) atoms. The summed E-state index contributed by atoms with van der Waals surface area (Å²) in [5, 5.41) is 4.15. The molecule has 78 valence electrons. The molecule has 3 nitrogen and oxygen atoms in total. The summed E-state index contributed by atoms with van der Waals surface area (Å²) in [6, 6.07) is 10.3. The molecular formula is C12H15N3. The third-order valence-electron chi connectivity index (χ3n) is 2.63. The van der Waals surface area contributed by atoms with Gasteiger partial charge in [-0.05, 0) is 17.2 Å². The number of nitrogens with zero attached hydrogens (tertiary/aromatic N) is 2. The second kappa shape index (κ2) is 4.28. The highest BCUT2D eigenvalue weighted by molar-refractivity contribution is 5.30. The highest BCUT2D eigenvalue weighted by Crippen LogP contribution is 2.13. The fourth-order valence-electron chi connectivity index (χ4n) is 1.70. The van der Waals surface area contributed by atoms with Gasteiger partial charge in [-0.3, -0.25) is 4.68 Å². The summed E-state index contributed by atoms with van der Waals surface area (Å²) < 4.78 is 1.90. The molecular weight excluding hydrogens is 186 g/mol. The molecule has 0 saturated carbocycles. The summed E-state index contributed by atoms with van der Waals surface area (Å²) in [7, 11) is 1.96. The van der Waals surface area contributed by atoms with Crippen molar-refractivity contribution in [1.82, 2.24) is 9.78 Å². The SMILES string of the molecule is Cn1nccc1Cc1ccccc1CN. The Morgan fingerprint density at radius 2 is 1.93 bits per heavy atom. The summed E-state index contributed by atoms with van der Waals surface area (Å²) in [5.74, 6) is 0. The Morgan fingerprint density at radius 3 is 2.53 bits per heavy atom. The van der Waals surface area contributed by atoms with Crippen LogP contribution in [0.15, 0.2) is 36.5 Å². The van der Waals surface area contributed by atoms with Gasteiger partial charge in [0.2, 0.25) is 0 Å². The minimum Gasteiger partial charge on any atom is -0.326 e. The van der Waals surface area contributed by atoms with E-state index in [1.807, 2.05) is 36.1 Å². The fourth-order valence-corrected chi connectivity index (χ4v) is 1.70. The maximum atomic E-state index is 5.70. The van der Waals surface area contributed by atoms with Crippen LogP contribution < -0.4 is 5.73 Å². The average Bonchev–Trinajstić information content (AvgIpc) is 2.65. The van der Waals surface area contributed by atoms with E-state index in [1.165, 1.54) is 16.8 Å². The van der Waals surface area contributed by atoms with Crippen LogP contribution in [0.1, 0.15) is 16.8 Å². The first kappa shape index (κ1) is 9.93. The third-order valence-corrected chi connectivity index (χ3v) is 2.63. The summed E-state index contributed by atoms with van der Waals surface area (Å²) in [5.41, 5.74) is 9.39. The molecule has 0 aliphatic carbocycles. The number of hydrogen-bond acceptors (Lipinski definition) is 2. The highest BCUT2D eigenvalue weighted by Gasteiger charge is 2.03. The minimum absolute atomic E-state index is 0.591. The molecule has 0 saturated heterocycles. The monoisotopic (exact) mass is 201 g/mol. The van der Waals surface area contributed by atoms with Crippen molar-refractivity contribution in [2.75, 3.05) is 0 Å². The molecule has 2 rings (SSSR count). The first-order chi connectivity index (χ1) is 7.31. The fraction of sp³-hybridized carbons (Fsp3) is 0.250. The molecule has 0 bridgehead atoms. The smallest absolute Gasteiger partial charge is 0.0492 e. The van der Waals surface area contributed by atoms with Crippen LogP contribution in [0, 0.1) is 0 Å². The second-order valence-electron chi connectivity index (χ2n) is 3.60. The number of aromatic nitrogens is 2. The van der Waals surface area contributed by atoms with Crippen LogP contribution in [0.2, 0.25) is 0 Å². The van der Waals surface area contributed by atoms with E-state index in [2.05, 4.69) is 17.2 Å². The van der Waals surface area contributed by atoms with Crippen LogP contribution in [0.25, 0.3) is 0 Å². The Labute approximate surface area is 89.5 Å². The van der Waals surface area contributed by atoms with Crippen molar-refractivity contribution < 1.29 is 0 Å². The van der Waals surface area contributed by atoms with E-state index in [-0.39, 0.29) is 0 Å². The van der Waals surface area contributed by atoms with Crippen molar-refractivity contribution in [3.63, 3.8) is 0 Å². The first-order valence-electron chi connectivity index (χ1n) is 5.05. The zero-order valence-electron chi connectivity index (χ0n) is 8.85. The van der Waals surface area contributed by atoms with Gasteiger partial charge in [-0.15, -0.1) is 0 Å². The van der Waals surface area contributed by atoms with E-state index in [9.17, 15) is 0 Å². The van der Waals surface area contributed by atoms with Gasteiger partial charge >= 0.3 is 0 Å². The lowest BCUT2D eigenvalue weighted by atomic mass is 10.0. The van der Waals surface area contributed by atoms with Crippen molar-refractivity contribution in [3.05, 3.63) is 53.3 Å². The van der Waals surface area contributed by atoms with Crippen molar-refractivity contribution in [2.24, 2.45) is 12.8 Å². The number of benzene rings is 1. The van der Waals surface area contributed by atoms with Gasteiger partial charge in [-0.1, -0.05) is 24.3 Å². The zero-order chi connectivity index (χ0) is 10.7. The second-order valence-corrected chi connectivity index (χ2v) is 3.60. The Kier molecular flexibility index (Phi) is 2.83. The Morgan fingerprint density at radius 1 is 1.20 bits per heavy atom. The van der Waals surface area contributed by atoms with E-state index >= 15 is 0 Å². The maximum Gasteiger partial charge on any atom is 0.0492 e. The van der Waals surface area contributed by atoms with Crippen LogP contribution in [-0.2, 0) is 20.0 Å². The number of nitrogens with two attached hydrogens (primary N) is 1. The normalized spacial score (nSPS) is 10.5. The lowest BCUT2D eigenvalue weighted by Crippen LogP contribution is -2.04. The van der Waals surface area contributed by atoms with Crippen LogP contribution in [-0.4, -0.2) is 9.78 Å². The van der Waals surface area contributed by atoms with Gasteiger partial charge in [0.05, 0.1) is 0 Å². The number of hydrogen-bond donors (Lipinski definition) is 1. The first-order valence-corrected chi connectivity index (χ1v) is 5.05. The summed E-state index contributed by atoms with van der Waals surface area (Å²) in [4.78, 5) is 0. The molecule has 2 N–H and O–H groups in total. The predicted molar refractivity (Wildman–Crippen MR) is 60.3 cm³/mol. The maximum absolute atomic E-state index is 5.70. The molecule has 0 spiro atoms. The average molecular weight is 201 g/mol. The van der Waals surface area contributed by atoms with Gasteiger partial charge in [0.25, 0.3) is 0 Å². The molecule has 1 heterocycles. The molecule has 0 aliphatic rings. The molecule has 1 aromatic carbocycles. The van der Waals surface area contributed by atoms with Crippen molar-refractivity contribution in [2.45, 2.75) is 13.0 Å². The molecule has 3 heteroatoms. The lowest BCUT2D eigenvalue weighted by Gasteiger charge is -2.07. The van der Waals surface area contributed by atoms with Crippen LogP contribution in [0.3, 0.4) is 0 Å². The Hall–Kier alpha value is -1.61. The van der Waals surface area contributed by atoms with Crippen molar-refractivity contribution >= 4 is 0 Å². The Bertz CT molecular complexity index is 446. The molecule has 2 aromatic rings. The van der Waals surface area contributed by atoms with E-state index in [0.717, 1.165) is 6.42 Å². The van der Waals surface area contributed by atoms with E-state index in [1.54, 1.807) is 0 Å². The number of rotatable bonds is 3. The number of aryl methyl sites for hydroxylation is 1. The van der Waals surface area contributed by atoms with Gasteiger partial charge in [-0.25, -0.2) is 0 Å². The molecule has 0 unspecified atom stereocenters. The van der Waals surface area contributed by atoms with Gasteiger partial charge < -0.3 is 5.73 Å². The molecule has 0 fully saturated rings. The van der Waals surface area contributed by atoms with Gasteiger partial charge in [0.15, 0.2) is 0 Å². The minimum atomic E-state index is 0.591. The van der Waals surface area contributed by atoms with E-state index < -0.39 is 0 Å². The standard InChI is InChI=1S/C12H15N3/c1-15-12(6-7-14-15)8-10-4-2-3-5-11(10)9-13/h2-7H,8-9,13H2,1H3. The lowest BCUT2D eigenvalue weighted by molar-refractivity contribution is 0.723. The molecule has 0 aliphatic heterocycles.